The summed E-state index contributed by atoms with van der Waals surface area (Å²) >= 11 is 0. The van der Waals surface area contributed by atoms with Crippen molar-refractivity contribution >= 4 is 23.4 Å². The highest BCUT2D eigenvalue weighted by Crippen LogP contribution is 2.52. The highest BCUT2D eigenvalue weighted by molar-refractivity contribution is 6.23. The SMILES string of the molecule is CC(C)(C)C(=O)NC[C@@]12C=C[C@H](O1)[C@@H]1C(=O)N(c3ccccc3)C(=O)[C@@H]12. The number of anilines is 1. The van der Waals surface area contributed by atoms with Crippen molar-refractivity contribution in [3.63, 3.8) is 0 Å². The first-order valence-electron chi connectivity index (χ1n) is 8.83. The summed E-state index contributed by atoms with van der Waals surface area (Å²) in [6.07, 6.45) is 3.25. The van der Waals surface area contributed by atoms with Gasteiger partial charge in [0.1, 0.15) is 5.60 Å². The first-order valence-corrected chi connectivity index (χ1v) is 8.83. The quantitative estimate of drug-likeness (QED) is 0.662. The molecule has 4 rings (SSSR count). The summed E-state index contributed by atoms with van der Waals surface area (Å²) < 4.78 is 6.02. The largest absolute Gasteiger partial charge is 0.360 e. The van der Waals surface area contributed by atoms with Crippen LogP contribution in [0, 0.1) is 17.3 Å². The molecule has 4 atom stereocenters. The molecule has 1 aromatic carbocycles. The van der Waals surface area contributed by atoms with Gasteiger partial charge in [0, 0.05) is 5.41 Å². The van der Waals surface area contributed by atoms with Gasteiger partial charge in [-0.05, 0) is 12.1 Å². The lowest BCUT2D eigenvalue weighted by Crippen LogP contribution is -2.50. The van der Waals surface area contributed by atoms with Crippen LogP contribution in [-0.4, -0.2) is 36.0 Å². The number of amides is 3. The highest BCUT2D eigenvalue weighted by atomic mass is 16.5. The predicted octanol–water partition coefficient (Wildman–Crippen LogP) is 1.66. The first kappa shape index (κ1) is 17.0. The Morgan fingerprint density at radius 2 is 1.88 bits per heavy atom. The number of hydrogen-bond donors (Lipinski definition) is 1. The lowest BCUT2D eigenvalue weighted by Gasteiger charge is -2.30. The molecule has 6 nitrogen and oxygen atoms in total. The van der Waals surface area contributed by atoms with Crippen molar-refractivity contribution in [1.29, 1.82) is 0 Å². The first-order chi connectivity index (χ1) is 12.2. The number of rotatable bonds is 3. The van der Waals surface area contributed by atoms with Crippen LogP contribution in [0.1, 0.15) is 20.8 Å². The van der Waals surface area contributed by atoms with Gasteiger partial charge in [0.25, 0.3) is 0 Å². The molecule has 3 amide bonds. The van der Waals surface area contributed by atoms with Gasteiger partial charge in [-0.1, -0.05) is 51.1 Å². The van der Waals surface area contributed by atoms with Crippen molar-refractivity contribution in [1.82, 2.24) is 5.32 Å². The van der Waals surface area contributed by atoms with Gasteiger partial charge in [-0.3, -0.25) is 14.4 Å². The monoisotopic (exact) mass is 354 g/mol. The van der Waals surface area contributed by atoms with Crippen LogP contribution in [0.3, 0.4) is 0 Å². The number of ether oxygens (including phenoxy) is 1. The molecule has 3 aliphatic rings. The molecule has 3 aliphatic heterocycles. The van der Waals surface area contributed by atoms with Crippen LogP contribution in [0.5, 0.6) is 0 Å². The van der Waals surface area contributed by atoms with E-state index in [-0.39, 0.29) is 24.3 Å². The Hall–Kier alpha value is -2.47. The maximum absolute atomic E-state index is 13.1. The zero-order chi connectivity index (χ0) is 18.7. The average molecular weight is 354 g/mol. The molecule has 2 saturated heterocycles. The third kappa shape index (κ3) is 2.32. The molecule has 136 valence electrons. The average Bonchev–Trinajstić information content (AvgIpc) is 3.23. The van der Waals surface area contributed by atoms with Crippen molar-refractivity contribution < 1.29 is 19.1 Å². The summed E-state index contributed by atoms with van der Waals surface area (Å²) in [4.78, 5) is 39.6. The highest BCUT2D eigenvalue weighted by Gasteiger charge is 2.67. The van der Waals surface area contributed by atoms with Crippen molar-refractivity contribution in [2.24, 2.45) is 17.3 Å². The van der Waals surface area contributed by atoms with Gasteiger partial charge in [-0.15, -0.1) is 0 Å². The van der Waals surface area contributed by atoms with E-state index in [1.165, 1.54) is 4.90 Å². The Bertz CT molecular complexity index is 811. The van der Waals surface area contributed by atoms with E-state index < -0.39 is 29.0 Å². The number of para-hydroxylation sites is 1. The fourth-order valence-corrected chi connectivity index (χ4v) is 4.02. The molecule has 0 radical (unpaired) electrons. The van der Waals surface area contributed by atoms with Gasteiger partial charge in [-0.25, -0.2) is 4.90 Å². The standard InChI is InChI=1S/C20H22N2O4/c1-19(2,3)18(25)21-11-20-10-9-13(26-20)14-15(20)17(24)22(16(14)23)12-7-5-4-6-8-12/h4-10,13-15H,11H2,1-3H3,(H,21,25)/t13-,14-,15+,20+/m0/s1. The molecule has 26 heavy (non-hydrogen) atoms. The Labute approximate surface area is 152 Å². The van der Waals surface area contributed by atoms with Gasteiger partial charge in [0.2, 0.25) is 17.7 Å². The number of hydrogen-bond acceptors (Lipinski definition) is 4. The number of carbonyl (C=O) groups is 3. The minimum Gasteiger partial charge on any atom is -0.360 e. The Kier molecular flexibility index (Phi) is 3.60. The molecular weight excluding hydrogens is 332 g/mol. The third-order valence-corrected chi connectivity index (χ3v) is 5.38. The molecular formula is C20H22N2O4. The fraction of sp³-hybridized carbons (Fsp3) is 0.450. The molecule has 2 fully saturated rings. The number of nitrogens with one attached hydrogen (secondary N) is 1. The van der Waals surface area contributed by atoms with Gasteiger partial charge in [-0.2, -0.15) is 0 Å². The molecule has 0 aromatic heterocycles. The number of benzene rings is 1. The van der Waals surface area contributed by atoms with Crippen LogP contribution >= 0.6 is 0 Å². The van der Waals surface area contributed by atoms with Crippen molar-refractivity contribution in [3.05, 3.63) is 42.5 Å². The van der Waals surface area contributed by atoms with Crippen LogP contribution < -0.4 is 10.2 Å². The second-order valence-corrected chi connectivity index (χ2v) is 8.18. The Morgan fingerprint density at radius 3 is 2.54 bits per heavy atom. The number of nitrogens with zero attached hydrogens (tertiary/aromatic N) is 1. The molecule has 3 heterocycles. The minimum atomic E-state index is -0.952. The van der Waals surface area contributed by atoms with E-state index in [4.69, 9.17) is 4.74 Å². The lowest BCUT2D eigenvalue weighted by molar-refractivity contribution is -0.132. The fourth-order valence-electron chi connectivity index (χ4n) is 4.02. The number of fused-ring (bicyclic) bond motifs is 5. The summed E-state index contributed by atoms with van der Waals surface area (Å²) in [6, 6.07) is 8.94. The maximum Gasteiger partial charge on any atom is 0.241 e. The van der Waals surface area contributed by atoms with Gasteiger partial charge in [0.05, 0.1) is 30.2 Å². The minimum absolute atomic E-state index is 0.118. The van der Waals surface area contributed by atoms with Crippen LogP contribution in [-0.2, 0) is 19.1 Å². The van der Waals surface area contributed by atoms with Crippen LogP contribution in [0.4, 0.5) is 5.69 Å². The van der Waals surface area contributed by atoms with Gasteiger partial charge < -0.3 is 10.1 Å². The summed E-state index contributed by atoms with van der Waals surface area (Å²) in [5.74, 6) is -1.75. The van der Waals surface area contributed by atoms with E-state index in [1.54, 1.807) is 24.3 Å². The third-order valence-electron chi connectivity index (χ3n) is 5.38. The summed E-state index contributed by atoms with van der Waals surface area (Å²) in [5, 5.41) is 2.89. The second kappa shape index (κ2) is 5.51. The van der Waals surface area contributed by atoms with Crippen LogP contribution in [0.25, 0.3) is 0 Å². The van der Waals surface area contributed by atoms with Crippen LogP contribution in [0.15, 0.2) is 42.5 Å². The number of carbonyl (C=O) groups excluding carboxylic acids is 3. The van der Waals surface area contributed by atoms with E-state index >= 15 is 0 Å². The van der Waals surface area contributed by atoms with E-state index in [0.717, 1.165) is 0 Å². The van der Waals surface area contributed by atoms with E-state index in [2.05, 4.69) is 5.32 Å². The maximum atomic E-state index is 13.1. The molecule has 2 bridgehead atoms. The molecule has 1 aromatic rings. The zero-order valence-electron chi connectivity index (χ0n) is 15.1. The summed E-state index contributed by atoms with van der Waals surface area (Å²) in [7, 11) is 0. The molecule has 0 spiro atoms. The smallest absolute Gasteiger partial charge is 0.241 e. The van der Waals surface area contributed by atoms with Crippen molar-refractivity contribution in [3.8, 4) is 0 Å². The summed E-state index contributed by atoms with van der Waals surface area (Å²) in [5.41, 5.74) is -0.917. The Balaban J connectivity index is 1.62. The van der Waals surface area contributed by atoms with E-state index in [9.17, 15) is 14.4 Å². The second-order valence-electron chi connectivity index (χ2n) is 8.18. The molecule has 0 unspecified atom stereocenters. The normalized spacial score (nSPS) is 32.3. The summed E-state index contributed by atoms with van der Waals surface area (Å²) in [6.45, 7) is 5.66. The van der Waals surface area contributed by atoms with Crippen molar-refractivity contribution in [2.45, 2.75) is 32.5 Å². The molecule has 1 N–H and O–H groups in total. The molecule has 0 aliphatic carbocycles. The number of imide groups is 1. The zero-order valence-corrected chi connectivity index (χ0v) is 15.1. The van der Waals surface area contributed by atoms with Gasteiger partial charge >= 0.3 is 0 Å². The van der Waals surface area contributed by atoms with Crippen molar-refractivity contribution in [2.75, 3.05) is 11.4 Å². The molecule has 6 heteroatoms. The molecule has 0 saturated carbocycles. The Morgan fingerprint density at radius 1 is 1.19 bits per heavy atom. The topological polar surface area (TPSA) is 75.7 Å². The van der Waals surface area contributed by atoms with Gasteiger partial charge in [0.15, 0.2) is 0 Å². The van der Waals surface area contributed by atoms with E-state index in [0.29, 0.717) is 5.69 Å². The lowest BCUT2D eigenvalue weighted by atomic mass is 9.76. The van der Waals surface area contributed by atoms with Crippen LogP contribution in [0.2, 0.25) is 0 Å². The predicted molar refractivity (Wildman–Crippen MR) is 95.1 cm³/mol. The van der Waals surface area contributed by atoms with E-state index in [1.807, 2.05) is 39.0 Å².